The molecule has 1 aromatic carbocycles. The molecule has 4 nitrogen and oxygen atoms in total. The zero-order chi connectivity index (χ0) is 17.8. The first-order valence-corrected chi connectivity index (χ1v) is 10.5. The van der Waals surface area contributed by atoms with E-state index >= 15 is 0 Å². The van der Waals surface area contributed by atoms with Crippen molar-refractivity contribution in [2.45, 2.75) is 58.0 Å². The number of hydrogen-bond acceptors (Lipinski definition) is 3. The van der Waals surface area contributed by atoms with E-state index in [0.717, 1.165) is 38.9 Å². The summed E-state index contributed by atoms with van der Waals surface area (Å²) < 4.78 is 0. The number of halogens is 2. The fraction of sp³-hybridized carbons (Fsp3) is 0.682. The van der Waals surface area contributed by atoms with Crippen molar-refractivity contribution in [3.63, 3.8) is 0 Å². The van der Waals surface area contributed by atoms with Crippen molar-refractivity contribution in [2.24, 2.45) is 11.3 Å². The van der Waals surface area contributed by atoms with Crippen LogP contribution in [0.5, 0.6) is 0 Å². The van der Waals surface area contributed by atoms with Crippen LogP contribution in [-0.4, -0.2) is 37.0 Å². The van der Waals surface area contributed by atoms with Gasteiger partial charge in [-0.1, -0.05) is 37.1 Å². The van der Waals surface area contributed by atoms with Gasteiger partial charge in [-0.05, 0) is 74.8 Å². The van der Waals surface area contributed by atoms with Gasteiger partial charge in [0.1, 0.15) is 0 Å². The molecule has 1 amide bonds. The second-order valence-corrected chi connectivity index (χ2v) is 8.55. The number of nitrogens with zero attached hydrogens (tertiary/aromatic N) is 1. The standard InChI is InChI=1S/C22H33N3O.2ClH/c26-21(20-15-22(20)9-11-23-12-10-22)24-16-18-7-3-4-8-19(18)17-25-13-5-1-2-6-14-25;;/h3-4,7-8,20,23H,1-2,5-6,9-17H2,(H,24,26);2*1H. The van der Waals surface area contributed by atoms with E-state index in [1.165, 1.54) is 49.9 Å². The first-order chi connectivity index (χ1) is 12.8. The molecule has 158 valence electrons. The van der Waals surface area contributed by atoms with Gasteiger partial charge in [0.25, 0.3) is 0 Å². The zero-order valence-corrected chi connectivity index (χ0v) is 18.4. The van der Waals surface area contributed by atoms with E-state index in [1.54, 1.807) is 0 Å². The van der Waals surface area contributed by atoms with Crippen LogP contribution in [0, 0.1) is 11.3 Å². The molecular weight excluding hydrogens is 393 g/mol. The Morgan fingerprint density at radius 2 is 1.68 bits per heavy atom. The molecule has 0 radical (unpaired) electrons. The first-order valence-electron chi connectivity index (χ1n) is 10.5. The predicted octanol–water partition coefficient (Wildman–Crippen LogP) is 3.91. The molecule has 0 aromatic heterocycles. The third-order valence-corrected chi connectivity index (χ3v) is 6.77. The van der Waals surface area contributed by atoms with E-state index in [-0.39, 0.29) is 36.6 Å². The summed E-state index contributed by atoms with van der Waals surface area (Å²) in [6.07, 6.45) is 8.79. The van der Waals surface area contributed by atoms with E-state index in [4.69, 9.17) is 0 Å². The van der Waals surface area contributed by atoms with Crippen LogP contribution in [0.3, 0.4) is 0 Å². The summed E-state index contributed by atoms with van der Waals surface area (Å²) in [6.45, 7) is 6.25. The predicted molar refractivity (Wildman–Crippen MR) is 119 cm³/mol. The first kappa shape index (κ1) is 23.5. The fourth-order valence-corrected chi connectivity index (χ4v) is 4.92. The van der Waals surface area contributed by atoms with Gasteiger partial charge in [0.15, 0.2) is 0 Å². The van der Waals surface area contributed by atoms with E-state index < -0.39 is 0 Å². The Morgan fingerprint density at radius 1 is 1.04 bits per heavy atom. The number of piperidine rings is 1. The van der Waals surface area contributed by atoms with Crippen molar-refractivity contribution in [1.29, 1.82) is 0 Å². The highest BCUT2D eigenvalue weighted by Crippen LogP contribution is 2.58. The lowest BCUT2D eigenvalue weighted by molar-refractivity contribution is -0.123. The monoisotopic (exact) mass is 427 g/mol. The number of carbonyl (C=O) groups is 1. The normalized spacial score (nSPS) is 23.8. The van der Waals surface area contributed by atoms with Crippen molar-refractivity contribution < 1.29 is 4.79 Å². The minimum Gasteiger partial charge on any atom is -0.352 e. The SMILES string of the molecule is Cl.Cl.O=C(NCc1ccccc1CN1CCCCCC1)C1CC12CCNCC2. The molecule has 1 aliphatic carbocycles. The molecule has 28 heavy (non-hydrogen) atoms. The van der Waals surface area contributed by atoms with Crippen molar-refractivity contribution in [2.75, 3.05) is 26.2 Å². The van der Waals surface area contributed by atoms with Gasteiger partial charge >= 0.3 is 0 Å². The molecule has 0 bridgehead atoms. The number of amides is 1. The van der Waals surface area contributed by atoms with Gasteiger partial charge in [-0.25, -0.2) is 0 Å². The van der Waals surface area contributed by atoms with Crippen molar-refractivity contribution >= 4 is 30.7 Å². The lowest BCUT2D eigenvalue weighted by Crippen LogP contribution is -2.33. The number of carbonyl (C=O) groups excluding carboxylic acids is 1. The summed E-state index contributed by atoms with van der Waals surface area (Å²) >= 11 is 0. The molecule has 2 saturated heterocycles. The summed E-state index contributed by atoms with van der Waals surface area (Å²) in [6, 6.07) is 8.64. The highest BCUT2D eigenvalue weighted by Gasteiger charge is 2.57. The highest BCUT2D eigenvalue weighted by molar-refractivity contribution is 5.85. The molecule has 1 aromatic rings. The average molecular weight is 428 g/mol. The molecule has 6 heteroatoms. The fourth-order valence-electron chi connectivity index (χ4n) is 4.92. The van der Waals surface area contributed by atoms with Crippen LogP contribution < -0.4 is 10.6 Å². The van der Waals surface area contributed by atoms with Crippen molar-refractivity contribution in [3.05, 3.63) is 35.4 Å². The minimum absolute atomic E-state index is 0. The smallest absolute Gasteiger partial charge is 0.223 e. The molecule has 1 atom stereocenters. The molecule has 2 heterocycles. The lowest BCUT2D eigenvalue weighted by atomic mass is 9.92. The van der Waals surface area contributed by atoms with Crippen LogP contribution in [0.25, 0.3) is 0 Å². The molecule has 4 rings (SSSR count). The minimum atomic E-state index is 0. The zero-order valence-electron chi connectivity index (χ0n) is 16.8. The maximum Gasteiger partial charge on any atom is 0.223 e. The lowest BCUT2D eigenvalue weighted by Gasteiger charge is -2.23. The maximum absolute atomic E-state index is 12.7. The molecule has 3 fully saturated rings. The average Bonchev–Trinajstić information content (AvgIpc) is 3.42. The van der Waals surface area contributed by atoms with Gasteiger partial charge in [-0.15, -0.1) is 24.8 Å². The molecule has 1 spiro atoms. The molecule has 2 aliphatic heterocycles. The van der Waals surface area contributed by atoms with Gasteiger partial charge < -0.3 is 10.6 Å². The highest BCUT2D eigenvalue weighted by atomic mass is 35.5. The Kier molecular flexibility index (Phi) is 9.07. The molecule has 3 aliphatic rings. The summed E-state index contributed by atoms with van der Waals surface area (Å²) in [5.74, 6) is 0.527. The second kappa shape index (κ2) is 10.8. The summed E-state index contributed by atoms with van der Waals surface area (Å²) in [5, 5.41) is 6.66. The molecular formula is C22H35Cl2N3O. The van der Waals surface area contributed by atoms with Crippen LogP contribution in [0.15, 0.2) is 24.3 Å². The Balaban J connectivity index is 0.00000140. The second-order valence-electron chi connectivity index (χ2n) is 8.55. The Labute approximate surface area is 182 Å². The third-order valence-electron chi connectivity index (χ3n) is 6.77. The van der Waals surface area contributed by atoms with Crippen LogP contribution in [-0.2, 0) is 17.9 Å². The van der Waals surface area contributed by atoms with Crippen LogP contribution in [0.1, 0.15) is 56.1 Å². The summed E-state index contributed by atoms with van der Waals surface area (Å²) in [7, 11) is 0. The Hall–Kier alpha value is -0.810. The van der Waals surface area contributed by atoms with E-state index in [0.29, 0.717) is 12.0 Å². The number of rotatable bonds is 5. The van der Waals surface area contributed by atoms with E-state index in [2.05, 4.69) is 39.8 Å². The van der Waals surface area contributed by atoms with Crippen molar-refractivity contribution in [3.8, 4) is 0 Å². The summed E-state index contributed by atoms with van der Waals surface area (Å²) in [5.41, 5.74) is 2.98. The van der Waals surface area contributed by atoms with Crippen LogP contribution in [0.2, 0.25) is 0 Å². The molecule has 1 unspecified atom stereocenters. The van der Waals surface area contributed by atoms with E-state index in [1.807, 2.05) is 0 Å². The number of benzene rings is 1. The van der Waals surface area contributed by atoms with E-state index in [9.17, 15) is 4.79 Å². The number of likely N-dealkylation sites (tertiary alicyclic amines) is 1. The Bertz CT molecular complexity index is 626. The third kappa shape index (κ3) is 5.63. The number of hydrogen-bond donors (Lipinski definition) is 2. The number of nitrogens with one attached hydrogen (secondary N) is 2. The molecule has 1 saturated carbocycles. The quantitative estimate of drug-likeness (QED) is 0.748. The van der Waals surface area contributed by atoms with Crippen molar-refractivity contribution in [1.82, 2.24) is 15.5 Å². The largest absolute Gasteiger partial charge is 0.352 e. The van der Waals surface area contributed by atoms with Crippen LogP contribution in [0.4, 0.5) is 0 Å². The summed E-state index contributed by atoms with van der Waals surface area (Å²) in [4.78, 5) is 15.2. The Morgan fingerprint density at radius 3 is 2.36 bits per heavy atom. The molecule has 2 N–H and O–H groups in total. The topological polar surface area (TPSA) is 44.4 Å². The maximum atomic E-state index is 12.7. The van der Waals surface area contributed by atoms with Crippen LogP contribution >= 0.6 is 24.8 Å². The van der Waals surface area contributed by atoms with Gasteiger partial charge in [0, 0.05) is 19.0 Å². The van der Waals surface area contributed by atoms with Gasteiger partial charge in [0.2, 0.25) is 5.91 Å². The van der Waals surface area contributed by atoms with Gasteiger partial charge in [-0.2, -0.15) is 0 Å². The van der Waals surface area contributed by atoms with Gasteiger partial charge in [-0.3, -0.25) is 9.69 Å². The van der Waals surface area contributed by atoms with Gasteiger partial charge in [0.05, 0.1) is 0 Å².